The van der Waals surface area contributed by atoms with Gasteiger partial charge in [-0.25, -0.2) is 4.79 Å². The van der Waals surface area contributed by atoms with Gasteiger partial charge in [-0.05, 0) is 30.9 Å². The van der Waals surface area contributed by atoms with Crippen molar-refractivity contribution < 1.29 is 14.6 Å². The average Bonchev–Trinajstić information content (AvgIpc) is 2.16. The number of para-hydroxylation sites is 1. The van der Waals surface area contributed by atoms with E-state index in [9.17, 15) is 4.79 Å². The van der Waals surface area contributed by atoms with Gasteiger partial charge in [-0.2, -0.15) is 0 Å². The van der Waals surface area contributed by atoms with Crippen LogP contribution in [-0.4, -0.2) is 17.7 Å². The standard InChI is InChI=1S/C12H14O3/c13-12(14)10-6-1-2-7-11(10)15-8-9-4-3-5-9/h1-2,6-7,9H,3-5,8H2,(H,13,14). The van der Waals surface area contributed by atoms with Crippen LogP contribution in [0.1, 0.15) is 29.6 Å². The van der Waals surface area contributed by atoms with Gasteiger partial charge in [-0.1, -0.05) is 18.6 Å². The lowest BCUT2D eigenvalue weighted by molar-refractivity contribution is 0.0690. The predicted molar refractivity (Wildman–Crippen MR) is 56.2 cm³/mol. The summed E-state index contributed by atoms with van der Waals surface area (Å²) < 4.78 is 5.52. The molecule has 3 heteroatoms. The minimum Gasteiger partial charge on any atom is -0.492 e. The highest BCUT2D eigenvalue weighted by atomic mass is 16.5. The molecule has 0 aliphatic heterocycles. The second-order valence-electron chi connectivity index (χ2n) is 3.91. The summed E-state index contributed by atoms with van der Waals surface area (Å²) in [5.41, 5.74) is 0.247. The Morgan fingerprint density at radius 3 is 2.73 bits per heavy atom. The normalized spacial score (nSPS) is 15.7. The van der Waals surface area contributed by atoms with Crippen LogP contribution in [-0.2, 0) is 0 Å². The predicted octanol–water partition coefficient (Wildman–Crippen LogP) is 2.56. The molecule has 1 aromatic carbocycles. The number of ether oxygens (including phenoxy) is 1. The van der Waals surface area contributed by atoms with E-state index >= 15 is 0 Å². The molecular formula is C12H14O3. The lowest BCUT2D eigenvalue weighted by Gasteiger charge is -2.25. The molecule has 1 saturated carbocycles. The molecule has 1 aliphatic rings. The van der Waals surface area contributed by atoms with Crippen LogP contribution >= 0.6 is 0 Å². The molecule has 80 valence electrons. The molecule has 0 saturated heterocycles. The second kappa shape index (κ2) is 4.34. The Bertz CT molecular complexity index is 356. The first-order valence-electron chi connectivity index (χ1n) is 5.22. The number of carbonyl (C=O) groups is 1. The number of hydrogen-bond acceptors (Lipinski definition) is 2. The Kier molecular flexibility index (Phi) is 2.90. The molecule has 1 N–H and O–H groups in total. The van der Waals surface area contributed by atoms with Gasteiger partial charge in [0.25, 0.3) is 0 Å². The monoisotopic (exact) mass is 206 g/mol. The molecule has 0 aromatic heterocycles. The molecule has 0 spiro atoms. The van der Waals surface area contributed by atoms with Crippen LogP contribution in [0, 0.1) is 5.92 Å². The van der Waals surface area contributed by atoms with Gasteiger partial charge >= 0.3 is 5.97 Å². The fourth-order valence-corrected chi connectivity index (χ4v) is 1.64. The van der Waals surface area contributed by atoms with Gasteiger partial charge in [-0.3, -0.25) is 0 Å². The van der Waals surface area contributed by atoms with Crippen molar-refractivity contribution in [2.75, 3.05) is 6.61 Å². The first kappa shape index (κ1) is 10.0. The third-order valence-electron chi connectivity index (χ3n) is 2.82. The molecule has 1 aromatic rings. The van der Waals surface area contributed by atoms with Gasteiger partial charge in [0.05, 0.1) is 6.61 Å². The summed E-state index contributed by atoms with van der Waals surface area (Å²) in [6, 6.07) is 6.78. The maximum atomic E-state index is 10.9. The van der Waals surface area contributed by atoms with E-state index in [4.69, 9.17) is 9.84 Å². The van der Waals surface area contributed by atoms with Crippen molar-refractivity contribution in [2.45, 2.75) is 19.3 Å². The lowest BCUT2D eigenvalue weighted by Crippen LogP contribution is -2.20. The first-order valence-corrected chi connectivity index (χ1v) is 5.22. The molecule has 0 amide bonds. The molecule has 0 heterocycles. The summed E-state index contributed by atoms with van der Waals surface area (Å²) in [4.78, 5) is 10.9. The Morgan fingerprint density at radius 2 is 2.13 bits per heavy atom. The molecule has 3 nitrogen and oxygen atoms in total. The summed E-state index contributed by atoms with van der Waals surface area (Å²) in [5, 5.41) is 8.92. The highest BCUT2D eigenvalue weighted by Crippen LogP contribution is 2.28. The Morgan fingerprint density at radius 1 is 1.40 bits per heavy atom. The molecule has 1 fully saturated rings. The fourth-order valence-electron chi connectivity index (χ4n) is 1.64. The van der Waals surface area contributed by atoms with E-state index in [2.05, 4.69) is 0 Å². The average molecular weight is 206 g/mol. The van der Waals surface area contributed by atoms with Crippen LogP contribution < -0.4 is 4.74 Å². The topological polar surface area (TPSA) is 46.5 Å². The van der Waals surface area contributed by atoms with E-state index in [-0.39, 0.29) is 5.56 Å². The zero-order valence-electron chi connectivity index (χ0n) is 8.48. The Hall–Kier alpha value is -1.51. The minimum atomic E-state index is -0.931. The maximum Gasteiger partial charge on any atom is 0.339 e. The third kappa shape index (κ3) is 2.29. The van der Waals surface area contributed by atoms with Crippen molar-refractivity contribution in [1.82, 2.24) is 0 Å². The van der Waals surface area contributed by atoms with Crippen LogP contribution in [0.5, 0.6) is 5.75 Å². The molecule has 2 rings (SSSR count). The van der Waals surface area contributed by atoms with E-state index in [0.717, 1.165) is 0 Å². The fraction of sp³-hybridized carbons (Fsp3) is 0.417. The molecule has 0 atom stereocenters. The van der Waals surface area contributed by atoms with Crippen LogP contribution in [0.2, 0.25) is 0 Å². The maximum absolute atomic E-state index is 10.9. The summed E-state index contributed by atoms with van der Waals surface area (Å²) in [5.74, 6) is 0.169. The van der Waals surface area contributed by atoms with Gasteiger partial charge in [-0.15, -0.1) is 0 Å². The van der Waals surface area contributed by atoms with Gasteiger partial charge in [0.1, 0.15) is 11.3 Å². The number of rotatable bonds is 4. The quantitative estimate of drug-likeness (QED) is 0.823. The Labute approximate surface area is 88.7 Å². The molecule has 0 unspecified atom stereocenters. The van der Waals surface area contributed by atoms with Crippen LogP contribution in [0.25, 0.3) is 0 Å². The van der Waals surface area contributed by atoms with Crippen molar-refractivity contribution >= 4 is 5.97 Å². The largest absolute Gasteiger partial charge is 0.492 e. The number of aromatic carboxylic acids is 1. The van der Waals surface area contributed by atoms with E-state index < -0.39 is 5.97 Å². The summed E-state index contributed by atoms with van der Waals surface area (Å²) >= 11 is 0. The molecular weight excluding hydrogens is 192 g/mol. The number of benzene rings is 1. The van der Waals surface area contributed by atoms with Gasteiger partial charge in [0, 0.05) is 0 Å². The molecule has 15 heavy (non-hydrogen) atoms. The van der Waals surface area contributed by atoms with Crippen molar-refractivity contribution in [2.24, 2.45) is 5.92 Å². The van der Waals surface area contributed by atoms with Crippen LogP contribution in [0.15, 0.2) is 24.3 Å². The first-order chi connectivity index (χ1) is 7.27. The lowest BCUT2D eigenvalue weighted by atomic mass is 9.86. The van der Waals surface area contributed by atoms with E-state index in [1.54, 1.807) is 24.3 Å². The highest BCUT2D eigenvalue weighted by Gasteiger charge is 2.19. The van der Waals surface area contributed by atoms with Crippen molar-refractivity contribution in [3.63, 3.8) is 0 Å². The number of carboxylic acid groups (broad SMARTS) is 1. The smallest absolute Gasteiger partial charge is 0.339 e. The number of hydrogen-bond donors (Lipinski definition) is 1. The number of carboxylic acids is 1. The van der Waals surface area contributed by atoms with E-state index in [1.807, 2.05) is 0 Å². The minimum absolute atomic E-state index is 0.247. The molecule has 0 radical (unpaired) electrons. The second-order valence-corrected chi connectivity index (χ2v) is 3.91. The van der Waals surface area contributed by atoms with E-state index in [0.29, 0.717) is 18.3 Å². The highest BCUT2D eigenvalue weighted by molar-refractivity contribution is 5.90. The van der Waals surface area contributed by atoms with Crippen LogP contribution in [0.3, 0.4) is 0 Å². The van der Waals surface area contributed by atoms with Crippen molar-refractivity contribution in [3.8, 4) is 5.75 Å². The Balaban J connectivity index is 2.02. The molecule has 1 aliphatic carbocycles. The van der Waals surface area contributed by atoms with Gasteiger partial charge in [0.15, 0.2) is 0 Å². The summed E-state index contributed by atoms with van der Waals surface area (Å²) in [6.45, 7) is 0.643. The van der Waals surface area contributed by atoms with Crippen molar-refractivity contribution in [1.29, 1.82) is 0 Å². The SMILES string of the molecule is O=C(O)c1ccccc1OCC1CCC1. The van der Waals surface area contributed by atoms with Crippen molar-refractivity contribution in [3.05, 3.63) is 29.8 Å². The summed E-state index contributed by atoms with van der Waals surface area (Å²) in [6.07, 6.45) is 3.68. The molecule has 0 bridgehead atoms. The summed E-state index contributed by atoms with van der Waals surface area (Å²) in [7, 11) is 0. The van der Waals surface area contributed by atoms with Crippen LogP contribution in [0.4, 0.5) is 0 Å². The van der Waals surface area contributed by atoms with Gasteiger partial charge in [0.2, 0.25) is 0 Å². The van der Waals surface area contributed by atoms with Gasteiger partial charge < -0.3 is 9.84 Å². The third-order valence-corrected chi connectivity index (χ3v) is 2.82. The van der Waals surface area contributed by atoms with E-state index in [1.165, 1.54) is 19.3 Å². The zero-order valence-corrected chi connectivity index (χ0v) is 8.48. The zero-order chi connectivity index (χ0) is 10.7.